The van der Waals surface area contributed by atoms with Crippen molar-refractivity contribution in [2.45, 2.75) is 57.7 Å². The minimum Gasteiger partial charge on any atom is -0.370 e. The molecule has 1 rings (SSSR count). The number of guanidine groups is 1. The lowest BCUT2D eigenvalue weighted by Crippen LogP contribution is -2.56. The van der Waals surface area contributed by atoms with Gasteiger partial charge >= 0.3 is 0 Å². The van der Waals surface area contributed by atoms with E-state index in [1.165, 1.54) is 0 Å². The minimum atomic E-state index is -0.775. The maximum Gasteiger partial charge on any atom is 0.243 e. The van der Waals surface area contributed by atoms with E-state index in [2.05, 4.69) is 20.9 Å². The highest BCUT2D eigenvalue weighted by molar-refractivity contribution is 5.91. The Bertz CT molecular complexity index is 725. The molecule has 0 fully saturated rings. The molecule has 0 heterocycles. The Balaban J connectivity index is 2.66. The van der Waals surface area contributed by atoms with Crippen LogP contribution in [0.5, 0.6) is 0 Å². The molecule has 0 spiro atoms. The van der Waals surface area contributed by atoms with Gasteiger partial charge in [-0.2, -0.15) is 0 Å². The van der Waals surface area contributed by atoms with E-state index in [1.54, 1.807) is 7.05 Å². The van der Waals surface area contributed by atoms with Gasteiger partial charge in [0.15, 0.2) is 5.96 Å². The number of nitrogens with zero attached hydrogens (tertiary/aromatic N) is 1. The van der Waals surface area contributed by atoms with E-state index in [-0.39, 0.29) is 5.92 Å². The fourth-order valence-electron chi connectivity index (χ4n) is 2.98. The fourth-order valence-corrected chi connectivity index (χ4v) is 2.98. The third kappa shape index (κ3) is 9.61. The predicted octanol–water partition coefficient (Wildman–Crippen LogP) is 0.0853. The Morgan fingerprint density at radius 3 is 2.42 bits per heavy atom. The van der Waals surface area contributed by atoms with E-state index in [0.29, 0.717) is 44.5 Å². The normalized spacial score (nSPS) is 15.3. The molecular weight excluding hydrogens is 396 g/mol. The van der Waals surface area contributed by atoms with E-state index >= 15 is 0 Å². The largest absolute Gasteiger partial charge is 0.370 e. The van der Waals surface area contributed by atoms with E-state index in [1.807, 2.05) is 44.2 Å². The summed E-state index contributed by atoms with van der Waals surface area (Å²) in [5.74, 6) is -0.589. The van der Waals surface area contributed by atoms with Crippen molar-refractivity contribution in [3.63, 3.8) is 0 Å². The summed E-state index contributed by atoms with van der Waals surface area (Å²) in [6.07, 6.45) is 2.82. The molecule has 31 heavy (non-hydrogen) atoms. The Hall–Kier alpha value is -2.94. The average molecular weight is 433 g/mol. The number of aliphatic imine (C=N–C) groups is 1. The second-order valence-electron chi connectivity index (χ2n) is 7.60. The standard InChI is InChI=1S/C22H36N6O3/c1-4-15(2)19(28-20(30)18(23)11-8-12-26-22(24)25-3)21(31)27-17(14-29)13-16-9-6-5-7-10-16/h5-7,9-10,14-15,17-19H,4,8,11-13,23H2,1-3H3,(H,27,31)(H,28,30)(H3,24,25,26)/t15-,17-,18-,19-/m0/s1. The zero-order valence-electron chi connectivity index (χ0n) is 18.6. The van der Waals surface area contributed by atoms with Gasteiger partial charge in [-0.15, -0.1) is 0 Å². The minimum absolute atomic E-state index is 0.123. The smallest absolute Gasteiger partial charge is 0.243 e. The first-order chi connectivity index (χ1) is 14.8. The van der Waals surface area contributed by atoms with Gasteiger partial charge in [-0.25, -0.2) is 0 Å². The van der Waals surface area contributed by atoms with Crippen LogP contribution < -0.4 is 27.4 Å². The van der Waals surface area contributed by atoms with Crippen LogP contribution in [0.1, 0.15) is 38.7 Å². The van der Waals surface area contributed by atoms with Gasteiger partial charge in [0.25, 0.3) is 0 Å². The summed E-state index contributed by atoms with van der Waals surface area (Å²) in [4.78, 5) is 40.7. The monoisotopic (exact) mass is 432 g/mol. The zero-order chi connectivity index (χ0) is 23.2. The summed E-state index contributed by atoms with van der Waals surface area (Å²) < 4.78 is 0. The Labute approximate surface area is 184 Å². The van der Waals surface area contributed by atoms with Crippen LogP contribution in [-0.4, -0.2) is 55.8 Å². The van der Waals surface area contributed by atoms with Crippen LogP contribution in [0.3, 0.4) is 0 Å². The molecule has 9 nitrogen and oxygen atoms in total. The number of aldehydes is 1. The molecule has 0 aromatic heterocycles. The summed E-state index contributed by atoms with van der Waals surface area (Å²) >= 11 is 0. The number of carbonyl (C=O) groups excluding carboxylic acids is 3. The molecule has 0 saturated heterocycles. The van der Waals surface area contributed by atoms with Crippen LogP contribution in [0.4, 0.5) is 0 Å². The number of hydrogen-bond acceptors (Lipinski definition) is 5. The highest BCUT2D eigenvalue weighted by Gasteiger charge is 2.29. The maximum absolute atomic E-state index is 12.9. The quantitative estimate of drug-likeness (QED) is 0.129. The molecule has 1 aromatic carbocycles. The first-order valence-electron chi connectivity index (χ1n) is 10.6. The molecule has 0 aliphatic heterocycles. The lowest BCUT2D eigenvalue weighted by atomic mass is 9.97. The molecule has 9 heteroatoms. The third-order valence-corrected chi connectivity index (χ3v) is 5.16. The molecule has 0 bridgehead atoms. The predicted molar refractivity (Wildman–Crippen MR) is 122 cm³/mol. The number of carbonyl (C=O) groups is 3. The Morgan fingerprint density at radius 1 is 1.16 bits per heavy atom. The lowest BCUT2D eigenvalue weighted by molar-refractivity contribution is -0.131. The molecule has 4 atom stereocenters. The molecule has 7 N–H and O–H groups in total. The lowest BCUT2D eigenvalue weighted by Gasteiger charge is -2.26. The van der Waals surface area contributed by atoms with Gasteiger partial charge in [0, 0.05) is 13.6 Å². The van der Waals surface area contributed by atoms with Crippen molar-refractivity contribution in [1.82, 2.24) is 16.0 Å². The van der Waals surface area contributed by atoms with Gasteiger partial charge in [-0.05, 0) is 30.7 Å². The summed E-state index contributed by atoms with van der Waals surface area (Å²) in [5.41, 5.74) is 12.5. The summed E-state index contributed by atoms with van der Waals surface area (Å²) in [6.45, 7) is 4.35. The van der Waals surface area contributed by atoms with E-state index in [4.69, 9.17) is 11.5 Å². The number of benzene rings is 1. The molecule has 0 aliphatic rings. The summed E-state index contributed by atoms with van der Waals surface area (Å²) in [7, 11) is 1.58. The van der Waals surface area contributed by atoms with Gasteiger partial charge < -0.3 is 32.2 Å². The van der Waals surface area contributed by atoms with Crippen molar-refractivity contribution in [2.75, 3.05) is 13.6 Å². The number of rotatable bonds is 13. The van der Waals surface area contributed by atoms with Crippen molar-refractivity contribution < 1.29 is 14.4 Å². The van der Waals surface area contributed by atoms with Crippen LogP contribution in [0.15, 0.2) is 35.3 Å². The second-order valence-corrected chi connectivity index (χ2v) is 7.60. The number of hydrogen-bond donors (Lipinski definition) is 5. The Morgan fingerprint density at radius 2 is 1.84 bits per heavy atom. The molecule has 1 aromatic rings. The molecule has 2 amide bonds. The molecule has 0 unspecified atom stereocenters. The highest BCUT2D eigenvalue weighted by atomic mass is 16.2. The SMILES string of the molecule is CC[C@H](C)[C@H](NC(=O)[C@@H](N)CCCNC(N)=NC)C(=O)N[C@H](C=O)Cc1ccccc1. The summed E-state index contributed by atoms with van der Waals surface area (Å²) in [6, 6.07) is 7.22. The van der Waals surface area contributed by atoms with Crippen molar-refractivity contribution in [1.29, 1.82) is 0 Å². The highest BCUT2D eigenvalue weighted by Crippen LogP contribution is 2.10. The summed E-state index contributed by atoms with van der Waals surface area (Å²) in [5, 5.41) is 8.41. The third-order valence-electron chi connectivity index (χ3n) is 5.16. The van der Waals surface area contributed by atoms with Gasteiger partial charge in [0.05, 0.1) is 12.1 Å². The van der Waals surface area contributed by atoms with Gasteiger partial charge in [-0.3, -0.25) is 14.6 Å². The number of amides is 2. The van der Waals surface area contributed by atoms with Crippen molar-refractivity contribution >= 4 is 24.1 Å². The molecule has 0 saturated carbocycles. The Kier molecular flexibility index (Phi) is 11.9. The topological polar surface area (TPSA) is 152 Å². The fraction of sp³-hybridized carbons (Fsp3) is 0.545. The molecule has 0 aliphatic carbocycles. The van der Waals surface area contributed by atoms with Crippen molar-refractivity contribution in [2.24, 2.45) is 22.4 Å². The van der Waals surface area contributed by atoms with Gasteiger partial charge in [0.2, 0.25) is 11.8 Å². The first kappa shape index (κ1) is 26.1. The second kappa shape index (κ2) is 14.1. The maximum atomic E-state index is 12.9. The molecule has 172 valence electrons. The van der Waals surface area contributed by atoms with E-state index < -0.39 is 29.9 Å². The molecule has 0 radical (unpaired) electrons. The van der Waals surface area contributed by atoms with Crippen LogP contribution in [0.2, 0.25) is 0 Å². The van der Waals surface area contributed by atoms with Crippen LogP contribution in [0.25, 0.3) is 0 Å². The van der Waals surface area contributed by atoms with Gasteiger partial charge in [0.1, 0.15) is 12.3 Å². The van der Waals surface area contributed by atoms with E-state index in [0.717, 1.165) is 5.56 Å². The van der Waals surface area contributed by atoms with Crippen LogP contribution >= 0.6 is 0 Å². The van der Waals surface area contributed by atoms with E-state index in [9.17, 15) is 14.4 Å². The van der Waals surface area contributed by atoms with Crippen molar-refractivity contribution in [3.05, 3.63) is 35.9 Å². The zero-order valence-corrected chi connectivity index (χ0v) is 18.6. The first-order valence-corrected chi connectivity index (χ1v) is 10.6. The van der Waals surface area contributed by atoms with Crippen LogP contribution in [0, 0.1) is 5.92 Å². The van der Waals surface area contributed by atoms with Crippen LogP contribution in [-0.2, 0) is 20.8 Å². The number of nitrogens with one attached hydrogen (secondary N) is 3. The average Bonchev–Trinajstić information content (AvgIpc) is 2.79. The number of nitrogens with two attached hydrogens (primary N) is 2. The molecular formula is C22H36N6O3. The van der Waals surface area contributed by atoms with Gasteiger partial charge in [-0.1, -0.05) is 50.6 Å². The van der Waals surface area contributed by atoms with Crippen molar-refractivity contribution in [3.8, 4) is 0 Å².